The number of aromatic amines is 1. The number of nitrogens with zero attached hydrogens (tertiary/aromatic N) is 1. The van der Waals surface area contributed by atoms with E-state index in [1.165, 1.54) is 14.0 Å². The molecule has 0 amide bonds. The van der Waals surface area contributed by atoms with Gasteiger partial charge in [-0.25, -0.2) is 13.9 Å². The lowest BCUT2D eigenvalue weighted by Gasteiger charge is -2.28. The molecule has 0 bridgehead atoms. The van der Waals surface area contributed by atoms with Crippen LogP contribution in [0.25, 0.3) is 0 Å². The minimum Gasteiger partial charge on any atom is -0.375 e. The normalized spacial score (nSPS) is 31.1. The first-order chi connectivity index (χ1) is 13.7. The second-order valence-corrected chi connectivity index (χ2v) is 10.6. The topological polar surface area (TPSA) is 213 Å². The molecule has 1 aromatic heterocycles. The number of phosphoric ester groups is 1. The smallest absolute Gasteiger partial charge is 0.375 e. The fourth-order valence-electron chi connectivity index (χ4n) is 2.59. The minimum absolute atomic E-state index is 0.643. The molecule has 1 aliphatic rings. The molecular weight excluding hydrogens is 493 g/mol. The van der Waals surface area contributed by atoms with Crippen molar-refractivity contribution in [3.05, 3.63) is 33.1 Å². The number of hydrogen-bond donors (Lipinski definition) is 5. The van der Waals surface area contributed by atoms with Crippen LogP contribution in [-0.2, 0) is 36.3 Å². The van der Waals surface area contributed by atoms with E-state index in [9.17, 15) is 33.1 Å². The van der Waals surface area contributed by atoms with Crippen LogP contribution in [0.15, 0.2) is 21.9 Å². The maximum atomic E-state index is 12.1. The zero-order valence-corrected chi connectivity index (χ0v) is 18.8. The summed E-state index contributed by atoms with van der Waals surface area (Å²) in [6.07, 6.45) is -0.865. The lowest BCUT2D eigenvalue weighted by molar-refractivity contribution is -0.103. The third-order valence-electron chi connectivity index (χ3n) is 3.90. The average Bonchev–Trinajstić information content (AvgIpc) is 2.82. The first-order valence-corrected chi connectivity index (χ1v) is 12.4. The van der Waals surface area contributed by atoms with E-state index in [4.69, 9.17) is 14.4 Å². The Kier molecular flexibility index (Phi) is 8.01. The van der Waals surface area contributed by atoms with Crippen LogP contribution in [-0.4, -0.2) is 54.9 Å². The summed E-state index contributed by atoms with van der Waals surface area (Å²) in [6, 6.07) is 1.07. The molecule has 15 nitrogen and oxygen atoms in total. The van der Waals surface area contributed by atoms with Crippen molar-refractivity contribution < 1.29 is 51.0 Å². The van der Waals surface area contributed by atoms with Crippen molar-refractivity contribution >= 4 is 36.5 Å². The van der Waals surface area contributed by atoms with Gasteiger partial charge in [0.15, 0.2) is 6.23 Å². The lowest BCUT2D eigenvalue weighted by atomic mass is 10.0. The Labute approximate surface area is 174 Å². The summed E-state index contributed by atoms with van der Waals surface area (Å²) in [5, 5.41) is -0.865. The number of methoxy groups -OCH3 is 1. The van der Waals surface area contributed by atoms with Crippen LogP contribution in [0.1, 0.15) is 13.2 Å². The summed E-state index contributed by atoms with van der Waals surface area (Å²) < 4.78 is 58.0. The van der Waals surface area contributed by atoms with Crippen molar-refractivity contribution in [1.29, 1.82) is 0 Å². The van der Waals surface area contributed by atoms with Crippen molar-refractivity contribution in [3.8, 4) is 0 Å². The Bertz CT molecular complexity index is 1010. The molecule has 30 heavy (non-hydrogen) atoms. The molecule has 19 heteroatoms. The molecule has 0 spiro atoms. The van der Waals surface area contributed by atoms with Crippen LogP contribution >= 0.6 is 36.5 Å². The molecule has 7 unspecified atom stereocenters. The highest BCUT2D eigenvalue weighted by Crippen LogP contribution is 2.63. The second kappa shape index (κ2) is 9.41. The lowest BCUT2D eigenvalue weighted by Crippen LogP contribution is -2.41. The van der Waals surface area contributed by atoms with Gasteiger partial charge in [-0.05, 0) is 11.2 Å². The van der Waals surface area contributed by atoms with E-state index < -0.39 is 64.9 Å². The number of ether oxygens (including phenoxy) is 2. The van der Waals surface area contributed by atoms with Crippen LogP contribution in [0.5, 0.6) is 0 Å². The van der Waals surface area contributed by atoms with Gasteiger partial charge in [-0.2, -0.15) is 16.9 Å². The van der Waals surface area contributed by atoms with Gasteiger partial charge in [-0.1, -0.05) is 0 Å². The monoisotopic (exact) mass is 511 g/mol. The number of H-pyrrole nitrogens is 1. The maximum Gasteiger partial charge on any atom is 0.705 e. The number of rotatable bonds is 9. The maximum absolute atomic E-state index is 12.1. The molecular formula is C11H18N2O13P3S+. The van der Waals surface area contributed by atoms with E-state index in [0.29, 0.717) is 0 Å². The summed E-state index contributed by atoms with van der Waals surface area (Å²) in [5.74, 6) is 0. The van der Waals surface area contributed by atoms with Gasteiger partial charge in [0.25, 0.3) is 5.56 Å². The Hall–Kier alpha value is -0.730. The van der Waals surface area contributed by atoms with Gasteiger partial charge in [-0.15, -0.1) is 4.89 Å². The predicted molar refractivity (Wildman–Crippen MR) is 101 cm³/mol. The van der Waals surface area contributed by atoms with E-state index in [1.54, 1.807) is 0 Å². The van der Waals surface area contributed by atoms with Crippen LogP contribution in [0, 0.1) is 0 Å². The highest BCUT2D eigenvalue weighted by Gasteiger charge is 2.54. The largest absolute Gasteiger partial charge is 0.705 e. The van der Waals surface area contributed by atoms with Crippen LogP contribution in [0.3, 0.4) is 0 Å². The van der Waals surface area contributed by atoms with Gasteiger partial charge in [0.2, 0.25) is 0 Å². The van der Waals surface area contributed by atoms with Gasteiger partial charge >= 0.3 is 29.6 Å². The average molecular weight is 511 g/mol. The summed E-state index contributed by atoms with van der Waals surface area (Å²) in [5.41, 5.74) is -2.96. The second-order valence-electron chi connectivity index (χ2n) is 6.10. The Morgan fingerprint density at radius 3 is 2.53 bits per heavy atom. The zero-order chi connectivity index (χ0) is 22.9. The first-order valence-electron chi connectivity index (χ1n) is 7.77. The third kappa shape index (κ3) is 6.16. The molecule has 0 aromatic carbocycles. The van der Waals surface area contributed by atoms with Crippen molar-refractivity contribution in [2.24, 2.45) is 0 Å². The number of thiol groups is 1. The zero-order valence-electron chi connectivity index (χ0n) is 15.3. The molecule has 2 heterocycles. The Morgan fingerprint density at radius 1 is 1.37 bits per heavy atom. The summed E-state index contributed by atoms with van der Waals surface area (Å²) >= 11 is 4.34. The summed E-state index contributed by atoms with van der Waals surface area (Å²) in [6.45, 7) is 0.627. The van der Waals surface area contributed by atoms with Crippen molar-refractivity contribution in [1.82, 2.24) is 9.55 Å². The Balaban J connectivity index is 2.20. The molecule has 0 aliphatic carbocycles. The molecule has 7 atom stereocenters. The molecule has 2 rings (SSSR count). The standard InChI is InChI=1S/C11H17N2O13P3S/c1-11(5-23-28(18,19)26-29(20,21)25-27(16)17)8(30)7(22-2)9(24-11)13-4-3-6(14)12-10(13)15/h3-4,7-9H,5H2,1-2H3,(H4-,12,14,15,16,17,18,19,20,21,30)/p+1. The molecule has 1 saturated heterocycles. The number of nitrogens with one attached hydrogen (secondary N) is 1. The van der Waals surface area contributed by atoms with Gasteiger partial charge in [0.1, 0.15) is 11.7 Å². The predicted octanol–water partition coefficient (Wildman–Crippen LogP) is 0.0378. The highest BCUT2D eigenvalue weighted by molar-refractivity contribution is 7.81. The molecule has 0 saturated carbocycles. The van der Waals surface area contributed by atoms with Gasteiger partial charge in [0.05, 0.1) is 11.9 Å². The first kappa shape index (κ1) is 25.5. The van der Waals surface area contributed by atoms with Crippen molar-refractivity contribution in [2.45, 2.75) is 30.1 Å². The molecule has 1 aliphatic heterocycles. The minimum atomic E-state index is -5.39. The molecule has 4 N–H and O–H groups in total. The van der Waals surface area contributed by atoms with Crippen LogP contribution in [0.2, 0.25) is 0 Å². The molecule has 0 radical (unpaired) electrons. The van der Waals surface area contributed by atoms with Crippen LogP contribution in [0.4, 0.5) is 0 Å². The SMILES string of the molecule is COC1C(n2ccc(=O)[nH]c2=O)OC(C)(COP(=O)(O)OP(=O)(O)O[P+](=O)O)C1S. The van der Waals surface area contributed by atoms with Crippen LogP contribution < -0.4 is 11.2 Å². The molecule has 1 fully saturated rings. The highest BCUT2D eigenvalue weighted by atomic mass is 32.1. The summed E-state index contributed by atoms with van der Waals surface area (Å²) in [7, 11) is -13.0. The van der Waals surface area contributed by atoms with E-state index in [1.807, 2.05) is 4.98 Å². The molecule has 170 valence electrons. The number of aromatic nitrogens is 2. The third-order valence-corrected chi connectivity index (χ3v) is 8.23. The van der Waals surface area contributed by atoms with E-state index in [2.05, 4.69) is 25.8 Å². The van der Waals surface area contributed by atoms with E-state index >= 15 is 0 Å². The quantitative estimate of drug-likeness (QED) is 0.219. The van der Waals surface area contributed by atoms with Crippen molar-refractivity contribution in [3.63, 3.8) is 0 Å². The van der Waals surface area contributed by atoms with E-state index in [-0.39, 0.29) is 0 Å². The number of phosphoric acid groups is 2. The van der Waals surface area contributed by atoms with Crippen molar-refractivity contribution in [2.75, 3.05) is 13.7 Å². The Morgan fingerprint density at radius 2 is 2.00 bits per heavy atom. The van der Waals surface area contributed by atoms with Gasteiger partial charge in [0, 0.05) is 23.9 Å². The molecule has 1 aromatic rings. The summed E-state index contributed by atoms with van der Waals surface area (Å²) in [4.78, 5) is 52.6. The fraction of sp³-hybridized carbons (Fsp3) is 0.636. The number of hydrogen-bond acceptors (Lipinski definition) is 11. The van der Waals surface area contributed by atoms with Gasteiger partial charge < -0.3 is 14.4 Å². The van der Waals surface area contributed by atoms with E-state index in [0.717, 1.165) is 16.8 Å². The van der Waals surface area contributed by atoms with Gasteiger partial charge in [-0.3, -0.25) is 23.8 Å². The fourth-order valence-corrected chi connectivity index (χ4v) is 5.74.